The molecule has 1 heterocycles. The number of hydrogen-bond acceptors (Lipinski definition) is 3. The molecule has 1 saturated heterocycles. The second-order valence-corrected chi connectivity index (χ2v) is 4.30. The lowest BCUT2D eigenvalue weighted by molar-refractivity contribution is 0.209. The fourth-order valence-electron chi connectivity index (χ4n) is 2.43. The first kappa shape index (κ1) is 11.4. The predicted molar refractivity (Wildman–Crippen MR) is 63.8 cm³/mol. The van der Waals surface area contributed by atoms with Crippen molar-refractivity contribution in [3.63, 3.8) is 0 Å². The number of methoxy groups -OCH3 is 1. The summed E-state index contributed by atoms with van der Waals surface area (Å²) in [7, 11) is 1.71. The van der Waals surface area contributed by atoms with E-state index in [0.717, 1.165) is 25.1 Å². The number of aliphatic hydroxyl groups is 1. The Morgan fingerprint density at radius 1 is 1.44 bits per heavy atom. The van der Waals surface area contributed by atoms with Gasteiger partial charge < -0.3 is 15.2 Å². The van der Waals surface area contributed by atoms with E-state index < -0.39 is 0 Å². The normalized spacial score (nSPS) is 25.4. The molecule has 0 spiro atoms. The van der Waals surface area contributed by atoms with Crippen molar-refractivity contribution in [2.45, 2.75) is 24.8 Å². The lowest BCUT2D eigenvalue weighted by Gasteiger charge is -2.30. The highest BCUT2D eigenvalue weighted by molar-refractivity contribution is 5.36. The topological polar surface area (TPSA) is 41.5 Å². The number of hydrogen-bond donors (Lipinski definition) is 2. The van der Waals surface area contributed by atoms with Crippen LogP contribution in [0.2, 0.25) is 0 Å². The number of para-hydroxylation sites is 1. The van der Waals surface area contributed by atoms with Crippen LogP contribution in [0.4, 0.5) is 0 Å². The van der Waals surface area contributed by atoms with Crippen LogP contribution in [0.5, 0.6) is 5.75 Å². The second kappa shape index (κ2) is 5.32. The Bertz CT molecular complexity index is 340. The molecule has 16 heavy (non-hydrogen) atoms. The highest BCUT2D eigenvalue weighted by Gasteiger charge is 2.24. The fourth-order valence-corrected chi connectivity index (χ4v) is 2.43. The van der Waals surface area contributed by atoms with Crippen molar-refractivity contribution < 1.29 is 9.84 Å². The minimum atomic E-state index is 0.214. The zero-order valence-electron chi connectivity index (χ0n) is 9.65. The van der Waals surface area contributed by atoms with Crippen molar-refractivity contribution in [2.24, 2.45) is 0 Å². The van der Waals surface area contributed by atoms with Gasteiger partial charge in [0.25, 0.3) is 0 Å². The summed E-state index contributed by atoms with van der Waals surface area (Å²) in [6.45, 7) is 1.18. The van der Waals surface area contributed by atoms with Gasteiger partial charge in [-0.1, -0.05) is 18.2 Å². The molecule has 88 valence electrons. The lowest BCUT2D eigenvalue weighted by atomic mass is 9.86. The SMILES string of the molecule is COc1ccccc1C1CCNC(CO)C1. The number of piperidine rings is 1. The molecule has 1 aliphatic rings. The van der Waals surface area contributed by atoms with Crippen LogP contribution < -0.4 is 10.1 Å². The van der Waals surface area contributed by atoms with Crippen molar-refractivity contribution in [3.05, 3.63) is 29.8 Å². The Balaban J connectivity index is 2.16. The second-order valence-electron chi connectivity index (χ2n) is 4.30. The average Bonchev–Trinajstić information content (AvgIpc) is 2.38. The Hall–Kier alpha value is -1.06. The van der Waals surface area contributed by atoms with Gasteiger partial charge in [-0.05, 0) is 36.9 Å². The molecule has 2 rings (SSSR count). The van der Waals surface area contributed by atoms with Crippen LogP contribution >= 0.6 is 0 Å². The zero-order valence-corrected chi connectivity index (χ0v) is 9.65. The van der Waals surface area contributed by atoms with Crippen LogP contribution in [0.15, 0.2) is 24.3 Å². The molecular weight excluding hydrogens is 202 g/mol. The largest absolute Gasteiger partial charge is 0.496 e. The molecular formula is C13H19NO2. The molecule has 0 bridgehead atoms. The molecule has 1 aromatic carbocycles. The summed E-state index contributed by atoms with van der Waals surface area (Å²) in [5.41, 5.74) is 1.27. The number of rotatable bonds is 3. The molecule has 0 aliphatic carbocycles. The zero-order chi connectivity index (χ0) is 11.4. The van der Waals surface area contributed by atoms with Gasteiger partial charge in [0.15, 0.2) is 0 Å². The molecule has 0 saturated carbocycles. The van der Waals surface area contributed by atoms with Gasteiger partial charge in [0.05, 0.1) is 13.7 Å². The molecule has 0 amide bonds. The van der Waals surface area contributed by atoms with Crippen LogP contribution in [0.1, 0.15) is 24.3 Å². The fraction of sp³-hybridized carbons (Fsp3) is 0.538. The quantitative estimate of drug-likeness (QED) is 0.813. The van der Waals surface area contributed by atoms with Crippen molar-refractivity contribution in [1.29, 1.82) is 0 Å². The summed E-state index contributed by atoms with van der Waals surface area (Å²) in [6, 6.07) is 8.40. The van der Waals surface area contributed by atoms with Gasteiger partial charge in [0.1, 0.15) is 5.75 Å². The minimum absolute atomic E-state index is 0.214. The molecule has 3 nitrogen and oxygen atoms in total. The monoisotopic (exact) mass is 221 g/mol. The van der Waals surface area contributed by atoms with Gasteiger partial charge in [-0.25, -0.2) is 0 Å². The predicted octanol–water partition coefficient (Wildman–Crippen LogP) is 1.52. The Morgan fingerprint density at radius 2 is 2.25 bits per heavy atom. The highest BCUT2D eigenvalue weighted by Crippen LogP contribution is 2.33. The number of aliphatic hydroxyl groups excluding tert-OH is 1. The maximum absolute atomic E-state index is 9.19. The molecule has 2 unspecified atom stereocenters. The summed E-state index contributed by atoms with van der Waals surface area (Å²) in [6.07, 6.45) is 2.09. The first-order valence-electron chi connectivity index (χ1n) is 5.82. The molecule has 0 aromatic heterocycles. The van der Waals surface area contributed by atoms with E-state index in [1.807, 2.05) is 18.2 Å². The van der Waals surface area contributed by atoms with E-state index >= 15 is 0 Å². The van der Waals surface area contributed by atoms with Gasteiger partial charge in [-0.3, -0.25) is 0 Å². The summed E-state index contributed by atoms with van der Waals surface area (Å²) in [5.74, 6) is 1.46. The van der Waals surface area contributed by atoms with Gasteiger partial charge >= 0.3 is 0 Å². The first-order valence-corrected chi connectivity index (χ1v) is 5.82. The standard InChI is InChI=1S/C13H19NO2/c1-16-13-5-3-2-4-12(13)10-6-7-14-11(8-10)9-15/h2-5,10-11,14-15H,6-9H2,1H3. The van der Waals surface area contributed by atoms with Gasteiger partial charge in [-0.15, -0.1) is 0 Å². The van der Waals surface area contributed by atoms with Crippen molar-refractivity contribution in [1.82, 2.24) is 5.32 Å². The first-order chi connectivity index (χ1) is 7.85. The highest BCUT2D eigenvalue weighted by atomic mass is 16.5. The third kappa shape index (κ3) is 2.36. The average molecular weight is 221 g/mol. The molecule has 2 atom stereocenters. The van der Waals surface area contributed by atoms with E-state index in [2.05, 4.69) is 11.4 Å². The van der Waals surface area contributed by atoms with Crippen LogP contribution in [-0.2, 0) is 0 Å². The Morgan fingerprint density at radius 3 is 3.00 bits per heavy atom. The summed E-state index contributed by atoms with van der Waals surface area (Å²) >= 11 is 0. The van der Waals surface area contributed by atoms with E-state index in [-0.39, 0.29) is 12.6 Å². The van der Waals surface area contributed by atoms with Gasteiger partial charge in [0.2, 0.25) is 0 Å². The number of nitrogens with one attached hydrogen (secondary N) is 1. The smallest absolute Gasteiger partial charge is 0.122 e. The lowest BCUT2D eigenvalue weighted by Crippen LogP contribution is -2.39. The number of benzene rings is 1. The summed E-state index contributed by atoms with van der Waals surface area (Å²) < 4.78 is 5.38. The van der Waals surface area contributed by atoms with Gasteiger partial charge in [-0.2, -0.15) is 0 Å². The number of ether oxygens (including phenoxy) is 1. The Kier molecular flexibility index (Phi) is 3.80. The Labute approximate surface area is 96.4 Å². The minimum Gasteiger partial charge on any atom is -0.496 e. The third-order valence-corrected chi connectivity index (χ3v) is 3.29. The maximum Gasteiger partial charge on any atom is 0.122 e. The van der Waals surface area contributed by atoms with Gasteiger partial charge in [0, 0.05) is 6.04 Å². The van der Waals surface area contributed by atoms with Crippen molar-refractivity contribution in [2.75, 3.05) is 20.3 Å². The van der Waals surface area contributed by atoms with Crippen molar-refractivity contribution in [3.8, 4) is 5.75 Å². The maximum atomic E-state index is 9.19. The van der Waals surface area contributed by atoms with E-state index in [9.17, 15) is 5.11 Å². The van der Waals surface area contributed by atoms with Crippen LogP contribution in [0.25, 0.3) is 0 Å². The molecule has 2 N–H and O–H groups in total. The van der Waals surface area contributed by atoms with E-state index in [1.165, 1.54) is 5.56 Å². The molecule has 1 fully saturated rings. The molecule has 1 aliphatic heterocycles. The van der Waals surface area contributed by atoms with Crippen LogP contribution in [0, 0.1) is 0 Å². The molecule has 3 heteroatoms. The van der Waals surface area contributed by atoms with E-state index in [4.69, 9.17) is 4.74 Å². The third-order valence-electron chi connectivity index (χ3n) is 3.29. The summed E-state index contributed by atoms with van der Waals surface area (Å²) in [5, 5.41) is 12.5. The van der Waals surface area contributed by atoms with E-state index in [0.29, 0.717) is 5.92 Å². The van der Waals surface area contributed by atoms with Crippen molar-refractivity contribution >= 4 is 0 Å². The summed E-state index contributed by atoms with van der Waals surface area (Å²) in [4.78, 5) is 0. The van der Waals surface area contributed by atoms with Crippen LogP contribution in [-0.4, -0.2) is 31.4 Å². The molecule has 1 aromatic rings. The van der Waals surface area contributed by atoms with E-state index in [1.54, 1.807) is 7.11 Å². The molecule has 0 radical (unpaired) electrons. The van der Waals surface area contributed by atoms with Crippen LogP contribution in [0.3, 0.4) is 0 Å².